The molecule has 0 aliphatic carbocycles. The topological polar surface area (TPSA) is 350 Å². The van der Waals surface area contributed by atoms with Crippen molar-refractivity contribution < 1.29 is 55.9 Å². The van der Waals surface area contributed by atoms with E-state index in [2.05, 4.69) is 315 Å². The van der Waals surface area contributed by atoms with Crippen molar-refractivity contribution in [2.45, 2.75) is 439 Å². The zero-order chi connectivity index (χ0) is 103. The molecule has 6 rings (SSSR count). The molecule has 762 valence electrons. The fourth-order valence-electron chi connectivity index (χ4n) is 18.0. The fraction of sp³-hybridized carbons (Fsp3) is 0.767. The number of nitrogens with one attached hydrogen (secondary N) is 6. The molecule has 2 atom stereocenters. The number of carbonyl (C=O) groups is 6. The Morgan fingerprint density at radius 1 is 0.271 bits per heavy atom. The van der Waals surface area contributed by atoms with Crippen LogP contribution in [0.3, 0.4) is 0 Å². The van der Waals surface area contributed by atoms with Gasteiger partial charge in [0.2, 0.25) is 0 Å². The van der Waals surface area contributed by atoms with E-state index in [9.17, 15) is 28.8 Å². The summed E-state index contributed by atoms with van der Waals surface area (Å²) < 4.78 is 31.1. The first-order chi connectivity index (χ1) is 61.6. The van der Waals surface area contributed by atoms with Gasteiger partial charge in [-0.3, -0.25) is 58.2 Å². The van der Waals surface area contributed by atoms with Crippen LogP contribution < -0.4 is 31.9 Å². The minimum atomic E-state index is -0.411. The lowest BCUT2D eigenvalue weighted by Gasteiger charge is -2.52. The molecule has 0 aromatic carbocycles. The van der Waals surface area contributed by atoms with E-state index in [1.807, 2.05) is 90.0 Å². The van der Waals surface area contributed by atoms with E-state index in [1.54, 1.807) is 18.2 Å². The van der Waals surface area contributed by atoms with Gasteiger partial charge in [0.1, 0.15) is 34.6 Å². The highest BCUT2D eigenvalue weighted by atomic mass is 16.5. The lowest BCUT2D eigenvalue weighted by atomic mass is 9.73. The molecule has 0 radical (unpaired) electrons. The molecule has 0 spiro atoms. The number of aromatic nitrogens is 6. The normalized spacial score (nSPS) is 13.5. The molecular formula is C103H188N18O12. The van der Waals surface area contributed by atoms with Gasteiger partial charge in [-0.15, -0.1) is 0 Å². The molecule has 133 heavy (non-hydrogen) atoms. The zero-order valence-corrected chi connectivity index (χ0v) is 92.1. The summed E-state index contributed by atoms with van der Waals surface area (Å²) in [5, 5.41) is 42.3. The maximum absolute atomic E-state index is 12.7. The molecule has 30 heteroatoms. The summed E-state index contributed by atoms with van der Waals surface area (Å²) in [6.07, 6.45) is 14.4. The van der Waals surface area contributed by atoms with Gasteiger partial charge in [0.05, 0.1) is 33.2 Å². The standard InChI is InChI=1S/2C18H33N3O2.3C17H31N3O2.C16H29N3O2/c1-9-12-21(8)18(7,11-3)17(5,6)19-16(22)15-13(4)14(10-2)23-20-15;1-9-14-13(5)15(20-23-14)16(22)19-17(6,7)18(10-2,11-3)21(8)12-4;1-9-11-20(8)17(6,7)16(4,5)18-15(21)14-12(3)13(10-2)22-19-14;1-8-11-20(7)17(6,10-3)16(4,5)18-15(21)14-12-13(9-2)22-19-14;1-8-13-12-14(19-22-13)15(21)18-16(5,6)17(9-2,10-3)20(7)11-4;1-8-10-19(7)16(5,6)15(3,4)17-14(20)13-11-12(9-2)21-18-13/h2*9-12H2,1-8H3,(H,19,22);9-11H2,1-8H3,(H,18,21);2*12H,8-11H2,1-7H3,(H,18,21);11H,8-10H2,1-7H3,(H,17,20). The molecule has 0 aliphatic rings. The van der Waals surface area contributed by atoms with Gasteiger partial charge in [-0.25, -0.2) is 0 Å². The Kier molecular flexibility index (Phi) is 48.9. The predicted molar refractivity (Wildman–Crippen MR) is 539 cm³/mol. The van der Waals surface area contributed by atoms with Crippen LogP contribution in [0.2, 0.25) is 0 Å². The second-order valence-corrected chi connectivity index (χ2v) is 40.4. The van der Waals surface area contributed by atoms with Gasteiger partial charge >= 0.3 is 0 Å². The Morgan fingerprint density at radius 3 is 0.692 bits per heavy atom. The third-order valence-electron chi connectivity index (χ3n) is 30.7. The monoisotopic (exact) mass is 1870 g/mol. The van der Waals surface area contributed by atoms with Crippen molar-refractivity contribution in [1.29, 1.82) is 0 Å². The van der Waals surface area contributed by atoms with E-state index in [1.165, 1.54) is 0 Å². The van der Waals surface area contributed by atoms with Crippen molar-refractivity contribution in [3.63, 3.8) is 0 Å². The number of hydrogen-bond donors (Lipinski definition) is 6. The summed E-state index contributed by atoms with van der Waals surface area (Å²) in [6.45, 7) is 87.2. The molecule has 30 nitrogen and oxygen atoms in total. The van der Waals surface area contributed by atoms with Crippen molar-refractivity contribution >= 4 is 35.4 Å². The predicted octanol–water partition coefficient (Wildman–Crippen LogP) is 19.7. The Morgan fingerprint density at radius 2 is 0.489 bits per heavy atom. The second-order valence-electron chi connectivity index (χ2n) is 40.4. The van der Waals surface area contributed by atoms with Crippen LogP contribution in [-0.2, 0) is 38.5 Å². The third-order valence-corrected chi connectivity index (χ3v) is 30.7. The highest BCUT2D eigenvalue weighted by Crippen LogP contribution is 2.39. The molecule has 0 bridgehead atoms. The van der Waals surface area contributed by atoms with Crippen LogP contribution in [0.15, 0.2) is 45.3 Å². The quantitative estimate of drug-likeness (QED) is 0.0207. The van der Waals surface area contributed by atoms with Crippen LogP contribution in [0.1, 0.15) is 428 Å². The minimum Gasteiger partial charge on any atom is -0.361 e. The van der Waals surface area contributed by atoms with Crippen LogP contribution in [-0.4, -0.2) is 244 Å². The molecule has 0 saturated heterocycles. The van der Waals surface area contributed by atoms with E-state index in [4.69, 9.17) is 27.1 Å². The average molecular weight is 1870 g/mol. The van der Waals surface area contributed by atoms with Gasteiger partial charge in [0.25, 0.3) is 35.4 Å². The van der Waals surface area contributed by atoms with E-state index in [0.717, 1.165) is 193 Å². The van der Waals surface area contributed by atoms with Gasteiger partial charge in [-0.2, -0.15) is 0 Å². The van der Waals surface area contributed by atoms with Gasteiger partial charge in [0.15, 0.2) is 34.2 Å². The molecular weight excluding hydrogens is 1680 g/mol. The highest BCUT2D eigenvalue weighted by molar-refractivity contribution is 5.96. The molecule has 6 aromatic heterocycles. The van der Waals surface area contributed by atoms with Gasteiger partial charge in [0, 0.05) is 107 Å². The van der Waals surface area contributed by atoms with E-state index < -0.39 is 27.7 Å². The molecule has 0 saturated carbocycles. The number of hydrogen-bond acceptors (Lipinski definition) is 24. The Labute approximate surface area is 803 Å². The van der Waals surface area contributed by atoms with Crippen molar-refractivity contribution in [2.24, 2.45) is 0 Å². The summed E-state index contributed by atoms with van der Waals surface area (Å²) in [5.41, 5.74) is 1.46. The van der Waals surface area contributed by atoms with E-state index >= 15 is 0 Å². The van der Waals surface area contributed by atoms with Crippen molar-refractivity contribution in [3.05, 3.63) is 104 Å². The zero-order valence-electron chi connectivity index (χ0n) is 92.1. The van der Waals surface area contributed by atoms with Gasteiger partial charge in [-0.1, -0.05) is 156 Å². The Bertz CT molecular complexity index is 4480. The summed E-state index contributed by atoms with van der Waals surface area (Å²) in [5.74, 6) is 3.44. The van der Waals surface area contributed by atoms with Gasteiger partial charge in [-0.05, 0) is 291 Å². The van der Waals surface area contributed by atoms with Crippen LogP contribution in [0, 0.1) is 20.8 Å². The molecule has 0 aliphatic heterocycles. The van der Waals surface area contributed by atoms with Crippen molar-refractivity contribution in [1.82, 2.24) is 92.2 Å². The first-order valence-electron chi connectivity index (χ1n) is 49.5. The highest BCUT2D eigenvalue weighted by Gasteiger charge is 2.51. The largest absolute Gasteiger partial charge is 0.361 e. The summed E-state index contributed by atoms with van der Waals surface area (Å²) in [4.78, 5) is 89.3. The number of nitrogens with zero attached hydrogens (tertiary/aromatic N) is 12. The molecule has 2 unspecified atom stereocenters. The fourth-order valence-corrected chi connectivity index (χ4v) is 18.0. The number of rotatable bonds is 46. The maximum atomic E-state index is 12.7. The number of amides is 6. The summed E-state index contributed by atoms with van der Waals surface area (Å²) >= 11 is 0. The molecule has 6 N–H and O–H groups in total. The first-order valence-corrected chi connectivity index (χ1v) is 49.5. The van der Waals surface area contributed by atoms with Gasteiger partial charge < -0.3 is 59.0 Å². The van der Waals surface area contributed by atoms with E-state index in [0.29, 0.717) is 34.2 Å². The molecule has 6 aromatic rings. The molecule has 6 heterocycles. The van der Waals surface area contributed by atoms with E-state index in [-0.39, 0.29) is 74.2 Å². The Balaban J connectivity index is 0.000000798. The first kappa shape index (κ1) is 123. The third kappa shape index (κ3) is 29.9. The van der Waals surface area contributed by atoms with Crippen LogP contribution in [0.5, 0.6) is 0 Å². The van der Waals surface area contributed by atoms with Crippen LogP contribution in [0.4, 0.5) is 0 Å². The lowest BCUT2D eigenvalue weighted by Crippen LogP contribution is -2.67. The molecule has 6 amide bonds. The SMILES string of the molecule is CCCN(C)C(C)(C)C(C)(C)NC(=O)c1cc(CC)on1.CCCN(C)C(C)(C)C(C)(C)NC(=O)c1noc(CC)c1C.CCCN(C)C(C)(CC)C(C)(C)NC(=O)c1cc(CC)on1.CCCN(C)C(C)(CC)C(C)(C)NC(=O)c1noc(CC)c1C.CCc1cc(C(=O)NC(C)(C)C(CC)(CC)N(C)CC)no1.CCc1onc(C(=O)NC(C)(C)C(CC)(CC)N(C)CC)c1C. The number of aryl methyl sites for hydroxylation is 6. The van der Waals surface area contributed by atoms with Crippen molar-refractivity contribution in [3.8, 4) is 0 Å². The Hall–Kier alpha value is -8.16. The number of likely N-dealkylation sites (N-methyl/N-ethyl adjacent to an activating group) is 6. The minimum absolute atomic E-state index is 0.102. The maximum Gasteiger partial charge on any atom is 0.274 e. The van der Waals surface area contributed by atoms with Crippen molar-refractivity contribution in [2.75, 3.05) is 81.6 Å². The van der Waals surface area contributed by atoms with Crippen LogP contribution in [0.25, 0.3) is 0 Å². The second kappa shape index (κ2) is 53.0. The molecule has 0 fully saturated rings. The smallest absolute Gasteiger partial charge is 0.274 e. The number of carbonyl (C=O) groups excluding carboxylic acids is 6. The summed E-state index contributed by atoms with van der Waals surface area (Å²) in [7, 11) is 12.7. The summed E-state index contributed by atoms with van der Waals surface area (Å²) in [6, 6.07) is 5.13. The lowest BCUT2D eigenvalue weighted by molar-refractivity contribution is 0.0238. The average Bonchev–Trinajstić information content (AvgIpc) is 1.36. The van der Waals surface area contributed by atoms with Crippen LogP contribution >= 0.6 is 0 Å².